The SMILES string of the molecule is [2H]C([2H])([2H])C(C(C)=O)(C([2H])([2H])[2H])C([2H])([2H])[2H]. The molecule has 0 heterocycles. The van der Waals surface area contributed by atoms with Gasteiger partial charge in [0.05, 0.1) is 0 Å². The molecule has 0 N–H and O–H groups in total. The number of ketones is 1. The van der Waals surface area contributed by atoms with Gasteiger partial charge in [0.1, 0.15) is 5.78 Å². The Morgan fingerprint density at radius 2 is 2.00 bits per heavy atom. The molecule has 0 aliphatic heterocycles. The fourth-order valence-electron chi connectivity index (χ4n) is 0. The molecule has 0 radical (unpaired) electrons. The fourth-order valence-corrected chi connectivity index (χ4v) is 0. The van der Waals surface area contributed by atoms with Crippen LogP contribution in [0.3, 0.4) is 0 Å². The lowest BCUT2D eigenvalue weighted by molar-refractivity contribution is -0.124. The van der Waals surface area contributed by atoms with E-state index >= 15 is 0 Å². The first-order chi connectivity index (χ1) is 6.69. The summed E-state index contributed by atoms with van der Waals surface area (Å²) in [5.41, 5.74) is -3.33. The van der Waals surface area contributed by atoms with Crippen LogP contribution < -0.4 is 0 Å². The summed E-state index contributed by atoms with van der Waals surface area (Å²) in [4.78, 5) is 11.3. The smallest absolute Gasteiger partial charge is 0.135 e. The highest BCUT2D eigenvalue weighted by atomic mass is 16.1. The van der Waals surface area contributed by atoms with Crippen molar-refractivity contribution >= 4 is 5.78 Å². The third-order valence-corrected chi connectivity index (χ3v) is 0.528. The van der Waals surface area contributed by atoms with Crippen molar-refractivity contribution < 1.29 is 17.1 Å². The van der Waals surface area contributed by atoms with Gasteiger partial charge in [0.15, 0.2) is 0 Å². The van der Waals surface area contributed by atoms with Crippen LogP contribution in [0.4, 0.5) is 0 Å². The number of carbonyl (C=O) groups is 1. The molecule has 0 atom stereocenters. The molecule has 0 aromatic carbocycles. The Labute approximate surface area is 57.4 Å². The molecule has 0 spiro atoms. The molecule has 1 heteroatoms. The van der Waals surface area contributed by atoms with Gasteiger partial charge in [0.2, 0.25) is 0 Å². The van der Waals surface area contributed by atoms with Crippen molar-refractivity contribution in [2.45, 2.75) is 27.5 Å². The zero-order valence-electron chi connectivity index (χ0n) is 12.9. The maximum Gasteiger partial charge on any atom is 0.135 e. The van der Waals surface area contributed by atoms with Crippen molar-refractivity contribution in [3.05, 3.63) is 0 Å². The van der Waals surface area contributed by atoms with Crippen LogP contribution in [0, 0.1) is 5.41 Å². The summed E-state index contributed by atoms with van der Waals surface area (Å²) in [6, 6.07) is 0. The standard InChI is InChI=1S/C6H12O/c1-5(7)6(2,3)4/h1-4H3/i2D3,3D3,4D3. The van der Waals surface area contributed by atoms with Crippen molar-refractivity contribution in [3.8, 4) is 0 Å². The summed E-state index contributed by atoms with van der Waals surface area (Å²) >= 11 is 0. The molecular formula is C6H12O. The first kappa shape index (κ1) is 0.996. The van der Waals surface area contributed by atoms with Crippen molar-refractivity contribution in [1.82, 2.24) is 0 Å². The van der Waals surface area contributed by atoms with E-state index in [2.05, 4.69) is 0 Å². The molecule has 0 aliphatic carbocycles. The Kier molecular flexibility index (Phi) is 0.234. The number of Topliss-reactive ketones (excluding diaryl/α,β-unsaturated/α-hetero) is 1. The van der Waals surface area contributed by atoms with Gasteiger partial charge in [-0.3, -0.25) is 4.79 Å². The van der Waals surface area contributed by atoms with Crippen LogP contribution in [-0.4, -0.2) is 5.78 Å². The van der Waals surface area contributed by atoms with Crippen LogP contribution in [0.5, 0.6) is 0 Å². The molecule has 1 nitrogen and oxygen atoms in total. The topological polar surface area (TPSA) is 17.1 Å². The zero-order valence-corrected chi connectivity index (χ0v) is 3.91. The summed E-state index contributed by atoms with van der Waals surface area (Å²) in [5, 5.41) is 0. The molecule has 0 rings (SSSR count). The summed E-state index contributed by atoms with van der Waals surface area (Å²) in [6.07, 6.45) is 0. The quantitative estimate of drug-likeness (QED) is 0.462. The average molecular weight is 109 g/mol. The lowest BCUT2D eigenvalue weighted by Gasteiger charge is -2.11. The third-order valence-electron chi connectivity index (χ3n) is 0.528. The normalized spacial score (nSPS) is 35.9. The van der Waals surface area contributed by atoms with Crippen LogP contribution in [-0.2, 0) is 4.79 Å². The largest absolute Gasteiger partial charge is 0.299 e. The molecule has 0 aliphatic rings. The Morgan fingerprint density at radius 1 is 1.57 bits per heavy atom. The highest BCUT2D eigenvalue weighted by Crippen LogP contribution is 2.12. The van der Waals surface area contributed by atoms with E-state index < -0.39 is 31.8 Å². The van der Waals surface area contributed by atoms with Gasteiger partial charge in [-0.2, -0.15) is 0 Å². The fraction of sp³-hybridized carbons (Fsp3) is 0.833. The van der Waals surface area contributed by atoms with Gasteiger partial charge in [-0.25, -0.2) is 0 Å². The Bertz CT molecular complexity index is 244. The van der Waals surface area contributed by atoms with E-state index in [0.717, 1.165) is 0 Å². The minimum Gasteiger partial charge on any atom is -0.299 e. The van der Waals surface area contributed by atoms with Gasteiger partial charge >= 0.3 is 0 Å². The van der Waals surface area contributed by atoms with Gasteiger partial charge in [-0.15, -0.1) is 0 Å². The number of rotatable bonds is 0. The van der Waals surface area contributed by atoms with Crippen molar-refractivity contribution in [1.29, 1.82) is 0 Å². The zero-order chi connectivity index (χ0) is 13.6. The van der Waals surface area contributed by atoms with Crippen LogP contribution in [0.25, 0.3) is 0 Å². The maximum absolute atomic E-state index is 11.3. The van der Waals surface area contributed by atoms with E-state index in [1.807, 2.05) is 0 Å². The van der Waals surface area contributed by atoms with E-state index in [1.165, 1.54) is 0 Å². The van der Waals surface area contributed by atoms with Crippen LogP contribution >= 0.6 is 0 Å². The van der Waals surface area contributed by atoms with Crippen molar-refractivity contribution in [3.63, 3.8) is 0 Å². The lowest BCUT2D eigenvalue weighted by Crippen LogP contribution is -2.15. The number of hydrogen-bond donors (Lipinski definition) is 0. The molecule has 0 saturated carbocycles. The predicted octanol–water partition coefficient (Wildman–Crippen LogP) is 1.62. The monoisotopic (exact) mass is 109 g/mol. The Morgan fingerprint density at radius 3 is 2.00 bits per heavy atom. The number of carbonyl (C=O) groups excluding carboxylic acids is 1. The van der Waals surface area contributed by atoms with Gasteiger partial charge in [-0.1, -0.05) is 20.6 Å². The van der Waals surface area contributed by atoms with Gasteiger partial charge in [0.25, 0.3) is 0 Å². The third kappa shape index (κ3) is 2.38. The van der Waals surface area contributed by atoms with E-state index in [4.69, 9.17) is 12.3 Å². The molecule has 7 heavy (non-hydrogen) atoms. The Hall–Kier alpha value is -0.330. The molecule has 0 bridgehead atoms. The molecular weight excluding hydrogens is 88.1 g/mol. The highest BCUT2D eigenvalue weighted by Gasteiger charge is 2.14. The van der Waals surface area contributed by atoms with Crippen LogP contribution in [0.1, 0.15) is 39.8 Å². The molecule has 0 aromatic rings. The van der Waals surface area contributed by atoms with E-state index in [9.17, 15) is 4.79 Å². The second-order valence-corrected chi connectivity index (χ2v) is 1.31. The van der Waals surface area contributed by atoms with E-state index in [1.54, 1.807) is 0 Å². The minimum absolute atomic E-state index is 0.672. The van der Waals surface area contributed by atoms with Crippen molar-refractivity contribution in [2.24, 2.45) is 5.41 Å². The molecule has 0 amide bonds. The maximum atomic E-state index is 11.3. The highest BCUT2D eigenvalue weighted by molar-refractivity contribution is 5.80. The second kappa shape index (κ2) is 1.65. The molecule has 42 valence electrons. The summed E-state index contributed by atoms with van der Waals surface area (Å²) in [7, 11) is 0. The van der Waals surface area contributed by atoms with Crippen molar-refractivity contribution in [2.75, 3.05) is 0 Å². The lowest BCUT2D eigenvalue weighted by atomic mass is 9.92. The van der Waals surface area contributed by atoms with E-state index in [0.29, 0.717) is 6.92 Å². The summed E-state index contributed by atoms with van der Waals surface area (Å²) in [6.45, 7) is -9.59. The molecule has 0 saturated heterocycles. The molecule has 0 unspecified atom stereocenters. The minimum atomic E-state index is -3.42. The van der Waals surface area contributed by atoms with Gasteiger partial charge in [0, 0.05) is 17.8 Å². The first-order valence-electron chi connectivity index (χ1n) is 6.20. The van der Waals surface area contributed by atoms with Gasteiger partial charge in [-0.05, 0) is 6.92 Å². The number of hydrogen-bond acceptors (Lipinski definition) is 1. The van der Waals surface area contributed by atoms with Gasteiger partial charge < -0.3 is 0 Å². The van der Waals surface area contributed by atoms with Crippen LogP contribution in [0.2, 0.25) is 0 Å². The summed E-state index contributed by atoms with van der Waals surface area (Å²) in [5.74, 6) is -1.38. The summed E-state index contributed by atoms with van der Waals surface area (Å²) < 4.78 is 63.6. The average Bonchev–Trinajstić information content (AvgIpc) is 1.71. The van der Waals surface area contributed by atoms with E-state index in [-0.39, 0.29) is 0 Å². The predicted molar refractivity (Wildman–Crippen MR) is 30.1 cm³/mol. The second-order valence-electron chi connectivity index (χ2n) is 1.31. The molecule has 0 fully saturated rings. The van der Waals surface area contributed by atoms with Crippen LogP contribution in [0.15, 0.2) is 0 Å². The first-order valence-corrected chi connectivity index (χ1v) is 1.70. The Balaban J connectivity index is 6.17. The molecule has 0 aromatic heterocycles.